The van der Waals surface area contributed by atoms with Gasteiger partial charge < -0.3 is 10.2 Å². The monoisotopic (exact) mass is 376 g/mol. The Morgan fingerprint density at radius 1 is 1.00 bits per heavy atom. The third kappa shape index (κ3) is 3.83. The molecule has 28 heavy (non-hydrogen) atoms. The van der Waals surface area contributed by atoms with Gasteiger partial charge in [0.15, 0.2) is 0 Å². The standard InChI is InChI=1S/C21H20N4O3/c1-13-10-14(2)12-16(11-13)20(26)18(21(27)28)19(22-3)15-4-6-17(7-5-15)25-9-8-23-24-25/h4-12,26H,1-3H3,(H,27,28). The highest BCUT2D eigenvalue weighted by atomic mass is 16.4. The van der Waals surface area contributed by atoms with Gasteiger partial charge in [0.05, 0.1) is 23.8 Å². The zero-order valence-electron chi connectivity index (χ0n) is 15.8. The molecule has 3 aromatic rings. The van der Waals surface area contributed by atoms with Crippen LogP contribution in [-0.4, -0.2) is 43.9 Å². The third-order valence-corrected chi connectivity index (χ3v) is 4.23. The normalized spacial score (nSPS) is 12.6. The van der Waals surface area contributed by atoms with Crippen molar-refractivity contribution in [2.45, 2.75) is 13.8 Å². The minimum atomic E-state index is -1.25. The average molecular weight is 376 g/mol. The van der Waals surface area contributed by atoms with Crippen LogP contribution in [0.25, 0.3) is 11.4 Å². The number of aliphatic carboxylic acids is 1. The van der Waals surface area contributed by atoms with E-state index in [0.717, 1.165) is 16.8 Å². The molecule has 7 nitrogen and oxygen atoms in total. The van der Waals surface area contributed by atoms with Crippen LogP contribution in [0.3, 0.4) is 0 Å². The Kier molecular flexibility index (Phi) is 5.35. The van der Waals surface area contributed by atoms with E-state index < -0.39 is 5.97 Å². The predicted molar refractivity (Wildman–Crippen MR) is 107 cm³/mol. The molecular weight excluding hydrogens is 356 g/mol. The number of aliphatic hydroxyl groups excluding tert-OH is 1. The van der Waals surface area contributed by atoms with Crippen LogP contribution in [0.15, 0.2) is 65.4 Å². The number of aromatic nitrogens is 3. The number of hydrogen-bond donors (Lipinski definition) is 2. The molecule has 0 atom stereocenters. The van der Waals surface area contributed by atoms with Crippen LogP contribution in [0.5, 0.6) is 0 Å². The molecule has 0 aliphatic carbocycles. The number of carboxylic acid groups (broad SMARTS) is 1. The lowest BCUT2D eigenvalue weighted by Gasteiger charge is -2.12. The maximum Gasteiger partial charge on any atom is 0.341 e. The third-order valence-electron chi connectivity index (χ3n) is 4.23. The molecule has 0 spiro atoms. The van der Waals surface area contributed by atoms with Crippen LogP contribution < -0.4 is 0 Å². The molecule has 0 bridgehead atoms. The van der Waals surface area contributed by atoms with Crippen LogP contribution >= 0.6 is 0 Å². The lowest BCUT2D eigenvalue weighted by Crippen LogP contribution is -2.16. The number of nitrogens with zero attached hydrogens (tertiary/aromatic N) is 4. The van der Waals surface area contributed by atoms with Gasteiger partial charge in [0.1, 0.15) is 11.3 Å². The van der Waals surface area contributed by atoms with E-state index in [9.17, 15) is 15.0 Å². The Morgan fingerprint density at radius 2 is 1.64 bits per heavy atom. The maximum absolute atomic E-state index is 12.0. The molecule has 0 saturated carbocycles. The number of benzene rings is 2. The van der Waals surface area contributed by atoms with Crippen LogP contribution in [0.2, 0.25) is 0 Å². The molecule has 0 amide bonds. The molecule has 0 aliphatic heterocycles. The van der Waals surface area contributed by atoms with Gasteiger partial charge in [-0.15, -0.1) is 5.10 Å². The summed E-state index contributed by atoms with van der Waals surface area (Å²) in [5.41, 5.74) is 3.58. The molecule has 0 unspecified atom stereocenters. The number of carboxylic acids is 1. The minimum absolute atomic E-state index is 0.189. The highest BCUT2D eigenvalue weighted by Crippen LogP contribution is 2.23. The van der Waals surface area contributed by atoms with Gasteiger partial charge in [-0.3, -0.25) is 4.99 Å². The fourth-order valence-electron chi connectivity index (χ4n) is 3.07. The first kappa shape index (κ1) is 19.0. The van der Waals surface area contributed by atoms with Crippen molar-refractivity contribution in [1.82, 2.24) is 15.0 Å². The van der Waals surface area contributed by atoms with E-state index in [1.807, 2.05) is 19.9 Å². The first-order valence-electron chi connectivity index (χ1n) is 8.60. The second-order valence-electron chi connectivity index (χ2n) is 6.37. The SMILES string of the molecule is CN=C(C(C(=O)O)=C(O)c1cc(C)cc(C)c1)c1ccc(-n2ccnn2)cc1. The Hall–Kier alpha value is -3.74. The zero-order chi connectivity index (χ0) is 20.3. The highest BCUT2D eigenvalue weighted by Gasteiger charge is 2.23. The summed E-state index contributed by atoms with van der Waals surface area (Å²) in [7, 11) is 1.50. The number of aliphatic hydroxyl groups is 1. The van der Waals surface area contributed by atoms with Crippen LogP contribution in [0.4, 0.5) is 0 Å². The second-order valence-corrected chi connectivity index (χ2v) is 6.37. The van der Waals surface area contributed by atoms with E-state index in [0.29, 0.717) is 11.1 Å². The van der Waals surface area contributed by atoms with Crippen molar-refractivity contribution in [1.29, 1.82) is 0 Å². The molecule has 1 aromatic heterocycles. The lowest BCUT2D eigenvalue weighted by atomic mass is 9.96. The van der Waals surface area contributed by atoms with E-state index in [-0.39, 0.29) is 17.0 Å². The summed E-state index contributed by atoms with van der Waals surface area (Å²) in [6, 6.07) is 12.5. The van der Waals surface area contributed by atoms with Crippen LogP contribution in [-0.2, 0) is 4.79 Å². The molecule has 3 rings (SSSR count). The number of rotatable bonds is 5. The Balaban J connectivity index is 2.08. The summed E-state index contributed by atoms with van der Waals surface area (Å²) < 4.78 is 1.59. The first-order valence-corrected chi connectivity index (χ1v) is 8.60. The van der Waals surface area contributed by atoms with E-state index in [1.165, 1.54) is 7.05 Å². The van der Waals surface area contributed by atoms with Gasteiger partial charge in [-0.05, 0) is 38.1 Å². The Labute approximate surface area is 162 Å². The average Bonchev–Trinajstić information content (AvgIpc) is 3.19. The molecule has 0 fully saturated rings. The molecule has 0 saturated heterocycles. The van der Waals surface area contributed by atoms with Gasteiger partial charge in [0, 0.05) is 18.2 Å². The maximum atomic E-state index is 12.0. The fraction of sp³-hybridized carbons (Fsp3) is 0.143. The second kappa shape index (κ2) is 7.87. The fourth-order valence-corrected chi connectivity index (χ4v) is 3.07. The van der Waals surface area contributed by atoms with Crippen LogP contribution in [0, 0.1) is 13.8 Å². The van der Waals surface area contributed by atoms with Gasteiger partial charge in [0.25, 0.3) is 0 Å². The van der Waals surface area contributed by atoms with Gasteiger partial charge in [-0.2, -0.15) is 0 Å². The Bertz CT molecular complexity index is 1050. The largest absolute Gasteiger partial charge is 0.506 e. The van der Waals surface area contributed by atoms with Crippen molar-refractivity contribution in [2.24, 2.45) is 4.99 Å². The topological polar surface area (TPSA) is 101 Å². The van der Waals surface area contributed by atoms with Crippen molar-refractivity contribution in [3.8, 4) is 5.69 Å². The summed E-state index contributed by atoms with van der Waals surface area (Å²) in [6.07, 6.45) is 3.28. The van der Waals surface area contributed by atoms with Gasteiger partial charge >= 0.3 is 5.97 Å². The minimum Gasteiger partial charge on any atom is -0.506 e. The molecule has 0 aliphatic rings. The van der Waals surface area contributed by atoms with Crippen molar-refractivity contribution in [3.63, 3.8) is 0 Å². The highest BCUT2D eigenvalue weighted by molar-refractivity contribution is 6.29. The van der Waals surface area contributed by atoms with E-state index >= 15 is 0 Å². The molecule has 1 heterocycles. The molecule has 7 heteroatoms. The molecule has 0 radical (unpaired) electrons. The van der Waals surface area contributed by atoms with E-state index in [2.05, 4.69) is 15.3 Å². The van der Waals surface area contributed by atoms with Gasteiger partial charge in [-0.25, -0.2) is 9.48 Å². The van der Waals surface area contributed by atoms with Crippen molar-refractivity contribution in [3.05, 3.63) is 82.7 Å². The zero-order valence-corrected chi connectivity index (χ0v) is 15.8. The van der Waals surface area contributed by atoms with Crippen molar-refractivity contribution >= 4 is 17.4 Å². The number of aryl methyl sites for hydroxylation is 2. The Morgan fingerprint density at radius 3 is 2.14 bits per heavy atom. The van der Waals surface area contributed by atoms with Crippen molar-refractivity contribution in [2.75, 3.05) is 7.05 Å². The van der Waals surface area contributed by atoms with Gasteiger partial charge in [0.2, 0.25) is 0 Å². The van der Waals surface area contributed by atoms with E-state index in [4.69, 9.17) is 0 Å². The molecule has 2 aromatic carbocycles. The van der Waals surface area contributed by atoms with E-state index in [1.54, 1.807) is 53.5 Å². The summed E-state index contributed by atoms with van der Waals surface area (Å²) >= 11 is 0. The van der Waals surface area contributed by atoms with Gasteiger partial charge in [-0.1, -0.05) is 34.5 Å². The predicted octanol–water partition coefficient (Wildman–Crippen LogP) is 3.36. The quantitative estimate of drug-likeness (QED) is 0.404. The molecule has 2 N–H and O–H groups in total. The number of aliphatic imine (C=N–C) groups is 1. The smallest absolute Gasteiger partial charge is 0.341 e. The summed E-state index contributed by atoms with van der Waals surface area (Å²) in [5.74, 6) is -1.57. The van der Waals surface area contributed by atoms with Crippen LogP contribution in [0.1, 0.15) is 22.3 Å². The number of carbonyl (C=O) groups is 1. The molecule has 142 valence electrons. The van der Waals surface area contributed by atoms with Crippen molar-refractivity contribution < 1.29 is 15.0 Å². The summed E-state index contributed by atoms with van der Waals surface area (Å²) in [6.45, 7) is 3.78. The summed E-state index contributed by atoms with van der Waals surface area (Å²) in [5, 5.41) is 28.2. The molecular formula is C21H20N4O3. The number of hydrogen-bond acceptors (Lipinski definition) is 5. The summed E-state index contributed by atoms with van der Waals surface area (Å²) in [4.78, 5) is 16.1. The lowest BCUT2D eigenvalue weighted by molar-refractivity contribution is -0.132. The first-order chi connectivity index (χ1) is 13.4.